The van der Waals surface area contributed by atoms with E-state index in [1.54, 1.807) is 56.2 Å². The number of anilines is 1. The van der Waals surface area contributed by atoms with Crippen molar-refractivity contribution in [3.05, 3.63) is 118 Å². The van der Waals surface area contributed by atoms with Crippen molar-refractivity contribution in [2.45, 2.75) is 32.1 Å². The molecule has 0 amide bonds. The molecule has 0 unspecified atom stereocenters. The topological polar surface area (TPSA) is 108 Å². The number of nitrogens with two attached hydrogens (primary N) is 1. The van der Waals surface area contributed by atoms with Gasteiger partial charge in [0.05, 0.1) is 31.8 Å². The lowest BCUT2D eigenvalue weighted by Crippen LogP contribution is -2.46. The largest absolute Gasteiger partial charge is 0.497 e. The van der Waals surface area contributed by atoms with E-state index >= 15 is 0 Å². The molecule has 1 aliphatic heterocycles. The van der Waals surface area contributed by atoms with Crippen LogP contribution in [0.5, 0.6) is 5.75 Å². The minimum Gasteiger partial charge on any atom is -0.497 e. The lowest BCUT2D eigenvalue weighted by Gasteiger charge is -2.44. The van der Waals surface area contributed by atoms with Crippen molar-refractivity contribution in [2.75, 3.05) is 25.2 Å². The molecule has 0 bridgehead atoms. The van der Waals surface area contributed by atoms with E-state index in [1.807, 2.05) is 48.5 Å². The van der Waals surface area contributed by atoms with Gasteiger partial charge in [0.25, 0.3) is 0 Å². The van der Waals surface area contributed by atoms with Gasteiger partial charge in [-0.25, -0.2) is 4.79 Å². The van der Waals surface area contributed by atoms with E-state index in [0.717, 1.165) is 5.56 Å². The fourth-order valence-corrected chi connectivity index (χ4v) is 6.21. The van der Waals surface area contributed by atoms with Gasteiger partial charge in [-0.2, -0.15) is 0 Å². The van der Waals surface area contributed by atoms with Crippen molar-refractivity contribution in [1.82, 2.24) is 0 Å². The molecule has 0 radical (unpaired) electrons. The standard InChI is InChI=1S/C34H33ClN2O6/c1-4-42-33(39)28-25(20-11-10-16-24(18-20)41-3)19-26-29(31(28)38)27(21-12-9-13-22(35)17-21)30(34(40)43-5-2)32(36)37(26)23-14-7-6-8-15-23/h6-18,25,27-28H,4-5,19,36H2,1-3H3/t25-,27-,28-/m0/s1. The predicted octanol–water partition coefficient (Wildman–Crippen LogP) is 5.88. The lowest BCUT2D eigenvalue weighted by atomic mass is 9.67. The number of para-hydroxylation sites is 1. The minimum atomic E-state index is -1.17. The summed E-state index contributed by atoms with van der Waals surface area (Å²) in [5.74, 6) is -3.71. The Morgan fingerprint density at radius 3 is 2.30 bits per heavy atom. The number of carbonyl (C=O) groups is 3. The van der Waals surface area contributed by atoms with Gasteiger partial charge in [-0.3, -0.25) is 14.5 Å². The number of Topliss-reactive ketones (excluding diaryl/α,β-unsaturated/α-hetero) is 1. The molecule has 1 aliphatic carbocycles. The summed E-state index contributed by atoms with van der Waals surface area (Å²) < 4.78 is 16.4. The predicted molar refractivity (Wildman–Crippen MR) is 163 cm³/mol. The van der Waals surface area contributed by atoms with E-state index in [1.165, 1.54) is 0 Å². The second kappa shape index (κ2) is 12.8. The maximum Gasteiger partial charge on any atom is 0.338 e. The summed E-state index contributed by atoms with van der Waals surface area (Å²) in [7, 11) is 1.56. The molecule has 2 aliphatic rings. The SMILES string of the molecule is CCOC(=O)C1=C(N)N(c2ccccc2)C2=C(C(=O)[C@@H](C(=O)OCC)[C@H](c3cccc(OC)c3)C2)[C@@H]1c1cccc(Cl)c1. The molecule has 0 saturated carbocycles. The summed E-state index contributed by atoms with van der Waals surface area (Å²) in [5.41, 5.74) is 9.83. The van der Waals surface area contributed by atoms with Gasteiger partial charge in [0, 0.05) is 27.9 Å². The number of carbonyl (C=O) groups excluding carboxylic acids is 3. The van der Waals surface area contributed by atoms with E-state index in [0.29, 0.717) is 27.7 Å². The Bertz CT molecular complexity index is 1620. The molecule has 0 saturated heterocycles. The fourth-order valence-electron chi connectivity index (χ4n) is 6.02. The van der Waals surface area contributed by atoms with E-state index in [9.17, 15) is 14.4 Å². The number of benzene rings is 3. The van der Waals surface area contributed by atoms with Gasteiger partial charge in [0.15, 0.2) is 5.78 Å². The third kappa shape index (κ3) is 5.62. The van der Waals surface area contributed by atoms with Crippen LogP contribution in [0, 0.1) is 5.92 Å². The summed E-state index contributed by atoms with van der Waals surface area (Å²) in [6, 6.07) is 23.5. The average Bonchev–Trinajstić information content (AvgIpc) is 3.01. The number of hydrogen-bond donors (Lipinski definition) is 1. The monoisotopic (exact) mass is 600 g/mol. The van der Waals surface area contributed by atoms with Gasteiger partial charge in [0.2, 0.25) is 0 Å². The Labute approximate surface area is 255 Å². The molecule has 9 heteroatoms. The fraction of sp³-hybridized carbons (Fsp3) is 0.265. The number of nitrogens with zero attached hydrogens (tertiary/aromatic N) is 1. The number of methoxy groups -OCH3 is 1. The molecular weight excluding hydrogens is 568 g/mol. The average molecular weight is 601 g/mol. The van der Waals surface area contributed by atoms with Crippen molar-refractivity contribution < 1.29 is 28.6 Å². The highest BCUT2D eigenvalue weighted by molar-refractivity contribution is 6.30. The second-order valence-electron chi connectivity index (χ2n) is 10.2. The normalized spacial score (nSPS) is 20.0. The molecule has 0 spiro atoms. The summed E-state index contributed by atoms with van der Waals surface area (Å²) >= 11 is 6.42. The summed E-state index contributed by atoms with van der Waals surface area (Å²) in [4.78, 5) is 43.8. The van der Waals surface area contributed by atoms with Crippen LogP contribution in [0.2, 0.25) is 5.02 Å². The number of allylic oxidation sites excluding steroid dienone is 2. The Hall–Kier alpha value is -4.56. The first kappa shape index (κ1) is 29.9. The molecular formula is C34H33ClN2O6. The maximum absolute atomic E-state index is 14.8. The Kier molecular flexibility index (Phi) is 8.87. The Morgan fingerprint density at radius 2 is 1.63 bits per heavy atom. The first-order chi connectivity index (χ1) is 20.8. The van der Waals surface area contributed by atoms with Crippen LogP contribution in [0.3, 0.4) is 0 Å². The summed E-state index contributed by atoms with van der Waals surface area (Å²) in [6.07, 6.45) is 0.250. The third-order valence-electron chi connectivity index (χ3n) is 7.79. The van der Waals surface area contributed by atoms with Gasteiger partial charge in [0.1, 0.15) is 17.5 Å². The second-order valence-corrected chi connectivity index (χ2v) is 10.7. The molecule has 0 fully saturated rings. The van der Waals surface area contributed by atoms with Crippen LogP contribution in [0.4, 0.5) is 5.69 Å². The minimum absolute atomic E-state index is 0.0995. The van der Waals surface area contributed by atoms with Gasteiger partial charge in [-0.05, 0) is 67.8 Å². The van der Waals surface area contributed by atoms with E-state index in [2.05, 4.69) is 0 Å². The number of hydrogen-bond acceptors (Lipinski definition) is 8. The lowest BCUT2D eigenvalue weighted by molar-refractivity contribution is -0.152. The van der Waals surface area contributed by atoms with Crippen molar-refractivity contribution in [3.8, 4) is 5.75 Å². The molecule has 8 nitrogen and oxygen atoms in total. The van der Waals surface area contributed by atoms with Crippen molar-refractivity contribution in [2.24, 2.45) is 11.7 Å². The highest BCUT2D eigenvalue weighted by atomic mass is 35.5. The van der Waals surface area contributed by atoms with E-state index in [-0.39, 0.29) is 36.6 Å². The van der Waals surface area contributed by atoms with Crippen LogP contribution in [0.1, 0.15) is 43.2 Å². The van der Waals surface area contributed by atoms with Crippen molar-refractivity contribution in [1.29, 1.82) is 0 Å². The van der Waals surface area contributed by atoms with Crippen LogP contribution < -0.4 is 15.4 Å². The molecule has 3 aromatic carbocycles. The number of halogens is 1. The highest BCUT2D eigenvalue weighted by Gasteiger charge is 2.51. The first-order valence-electron chi connectivity index (χ1n) is 14.2. The number of ketones is 1. The summed E-state index contributed by atoms with van der Waals surface area (Å²) in [5, 5.41) is 0.423. The smallest absolute Gasteiger partial charge is 0.338 e. The first-order valence-corrected chi connectivity index (χ1v) is 14.5. The number of rotatable bonds is 8. The highest BCUT2D eigenvalue weighted by Crippen LogP contribution is 2.52. The zero-order valence-electron chi connectivity index (χ0n) is 24.2. The van der Waals surface area contributed by atoms with Crippen LogP contribution in [0.25, 0.3) is 0 Å². The number of ether oxygens (including phenoxy) is 3. The van der Waals surface area contributed by atoms with Gasteiger partial charge in [-0.1, -0.05) is 54.1 Å². The molecule has 43 heavy (non-hydrogen) atoms. The Morgan fingerprint density at radius 1 is 0.930 bits per heavy atom. The van der Waals surface area contributed by atoms with Crippen molar-refractivity contribution >= 4 is 35.0 Å². The van der Waals surface area contributed by atoms with E-state index < -0.39 is 35.5 Å². The maximum atomic E-state index is 14.8. The molecule has 5 rings (SSSR count). The molecule has 2 N–H and O–H groups in total. The van der Waals surface area contributed by atoms with Crippen LogP contribution in [-0.4, -0.2) is 38.0 Å². The third-order valence-corrected chi connectivity index (χ3v) is 8.03. The van der Waals surface area contributed by atoms with Gasteiger partial charge in [-0.15, -0.1) is 0 Å². The number of esters is 2. The molecule has 3 aromatic rings. The van der Waals surface area contributed by atoms with E-state index in [4.69, 9.17) is 31.5 Å². The zero-order valence-corrected chi connectivity index (χ0v) is 25.0. The van der Waals surface area contributed by atoms with Gasteiger partial charge < -0.3 is 19.9 Å². The summed E-state index contributed by atoms with van der Waals surface area (Å²) in [6.45, 7) is 3.61. The molecule has 222 valence electrons. The van der Waals surface area contributed by atoms with Crippen LogP contribution in [0.15, 0.2) is 102 Å². The Balaban J connectivity index is 1.82. The molecule has 3 atom stereocenters. The van der Waals surface area contributed by atoms with Gasteiger partial charge >= 0.3 is 11.9 Å². The zero-order chi connectivity index (χ0) is 30.7. The quantitative estimate of drug-likeness (QED) is 0.252. The van der Waals surface area contributed by atoms with Crippen molar-refractivity contribution in [3.63, 3.8) is 0 Å². The molecule has 0 aromatic heterocycles. The molecule has 1 heterocycles. The van der Waals surface area contributed by atoms with Crippen LogP contribution in [-0.2, 0) is 23.9 Å². The van der Waals surface area contributed by atoms with Crippen LogP contribution >= 0.6 is 11.6 Å².